The van der Waals surface area contributed by atoms with Crippen LogP contribution in [0.25, 0.3) is 0 Å². The highest BCUT2D eigenvalue weighted by atomic mass is 17.2. The second-order valence-corrected chi connectivity index (χ2v) is 7.92. The highest BCUT2D eigenvalue weighted by Crippen LogP contribution is 2.13. The molecule has 0 aromatic heterocycles. The van der Waals surface area contributed by atoms with E-state index in [4.69, 9.17) is 43.2 Å². The van der Waals surface area contributed by atoms with E-state index in [2.05, 4.69) is 18.0 Å². The van der Waals surface area contributed by atoms with E-state index in [0.717, 1.165) is 12.5 Å². The first-order chi connectivity index (χ1) is 18.8. The molecule has 0 spiro atoms. The summed E-state index contributed by atoms with van der Waals surface area (Å²) in [6.45, 7) is 7.12. The fraction of sp³-hybridized carbons (Fsp3) is 0.667. The second-order valence-electron chi connectivity index (χ2n) is 7.92. The maximum absolute atomic E-state index is 12.0. The molecule has 1 aliphatic rings. The number of hydroxylamine groups is 2. The van der Waals surface area contributed by atoms with Gasteiger partial charge in [0, 0.05) is 33.5 Å². The Labute approximate surface area is 226 Å². The summed E-state index contributed by atoms with van der Waals surface area (Å²) >= 11 is 0. The second kappa shape index (κ2) is 21.0. The molecule has 0 aromatic carbocycles. The van der Waals surface area contributed by atoms with Gasteiger partial charge in [-0.3, -0.25) is 14.4 Å². The summed E-state index contributed by atoms with van der Waals surface area (Å²) in [5.74, 6) is -2.46. The maximum atomic E-state index is 12.0. The van der Waals surface area contributed by atoms with Crippen molar-refractivity contribution in [2.45, 2.75) is 44.0 Å². The summed E-state index contributed by atoms with van der Waals surface area (Å²) in [6.07, 6.45) is 0.195. The molecule has 0 bridgehead atoms. The number of amides is 2. The van der Waals surface area contributed by atoms with Crippen LogP contribution in [0.15, 0.2) is 25.7 Å². The molecule has 3 unspecified atom stereocenters. The van der Waals surface area contributed by atoms with E-state index in [1.54, 1.807) is 0 Å². The molecule has 0 aromatic rings. The molecule has 0 radical (unpaired) electrons. The van der Waals surface area contributed by atoms with Crippen LogP contribution >= 0.6 is 0 Å². The smallest absolute Gasteiger partial charge is 0.333 e. The maximum Gasteiger partial charge on any atom is 0.333 e. The lowest BCUT2D eigenvalue weighted by molar-refractivity contribution is -0.299. The van der Waals surface area contributed by atoms with Crippen molar-refractivity contribution in [3.05, 3.63) is 25.7 Å². The minimum Gasteiger partial charge on any atom is -0.377 e. The standard InChI is InChI=1S/C24H37NO14/c1-5-35-37-17-20(31-4)14-33-12-19(30-3)13-34-16-21(39-36-6-2)15-32-11-18(26)7-10-24(29)38-25-22(27)8-9-23(25)28/h5-6,19-21H,1-2,7-17H2,3-4H3. The van der Waals surface area contributed by atoms with Crippen molar-refractivity contribution in [1.29, 1.82) is 0 Å². The van der Waals surface area contributed by atoms with Crippen molar-refractivity contribution in [2.24, 2.45) is 0 Å². The number of carbonyl (C=O) groups excluding carboxylic acids is 4. The van der Waals surface area contributed by atoms with E-state index in [1.807, 2.05) is 0 Å². The van der Waals surface area contributed by atoms with Crippen LogP contribution in [0, 0.1) is 0 Å². The molecule has 3 atom stereocenters. The van der Waals surface area contributed by atoms with Crippen molar-refractivity contribution in [3.63, 3.8) is 0 Å². The Morgan fingerprint density at radius 2 is 1.33 bits per heavy atom. The number of rotatable bonds is 25. The molecule has 1 saturated heterocycles. The molecule has 0 aliphatic carbocycles. The van der Waals surface area contributed by atoms with Gasteiger partial charge in [0.05, 0.1) is 39.5 Å². The first-order valence-corrected chi connectivity index (χ1v) is 12.0. The summed E-state index contributed by atoms with van der Waals surface area (Å²) in [6, 6.07) is 0. The molecule has 222 valence electrons. The molecule has 0 N–H and O–H groups in total. The molecule has 1 aliphatic heterocycles. The number of hydrogen-bond acceptors (Lipinski definition) is 14. The summed E-state index contributed by atoms with van der Waals surface area (Å²) in [4.78, 5) is 70.8. The monoisotopic (exact) mass is 563 g/mol. The number of imide groups is 1. The molecule has 1 fully saturated rings. The number of nitrogens with zero attached hydrogens (tertiary/aromatic N) is 1. The molecule has 15 heteroatoms. The average molecular weight is 564 g/mol. The Morgan fingerprint density at radius 1 is 0.795 bits per heavy atom. The van der Waals surface area contributed by atoms with Crippen LogP contribution in [-0.2, 0) is 67.3 Å². The molecule has 1 rings (SSSR count). The van der Waals surface area contributed by atoms with Crippen LogP contribution in [0.2, 0.25) is 0 Å². The Balaban J connectivity index is 2.29. The van der Waals surface area contributed by atoms with Crippen LogP contribution in [0.1, 0.15) is 25.7 Å². The zero-order valence-corrected chi connectivity index (χ0v) is 22.2. The zero-order chi connectivity index (χ0) is 28.9. The average Bonchev–Trinajstić information content (AvgIpc) is 3.24. The van der Waals surface area contributed by atoms with E-state index in [0.29, 0.717) is 5.06 Å². The molecular formula is C24H37NO14. The van der Waals surface area contributed by atoms with Gasteiger partial charge in [-0.05, 0) is 0 Å². The third kappa shape index (κ3) is 15.3. The van der Waals surface area contributed by atoms with E-state index in [-0.39, 0.29) is 78.0 Å². The Morgan fingerprint density at radius 3 is 1.90 bits per heavy atom. The summed E-state index contributed by atoms with van der Waals surface area (Å²) in [7, 11) is 3.02. The molecular weight excluding hydrogens is 526 g/mol. The van der Waals surface area contributed by atoms with Gasteiger partial charge in [-0.25, -0.2) is 4.79 Å². The van der Waals surface area contributed by atoms with Gasteiger partial charge in [-0.2, -0.15) is 9.78 Å². The summed E-state index contributed by atoms with van der Waals surface area (Å²) < 4.78 is 27.1. The third-order valence-electron chi connectivity index (χ3n) is 4.90. The number of ether oxygens (including phenoxy) is 5. The summed E-state index contributed by atoms with van der Waals surface area (Å²) in [5, 5.41) is 0.428. The fourth-order valence-corrected chi connectivity index (χ4v) is 2.84. The lowest BCUT2D eigenvalue weighted by atomic mass is 10.2. The lowest BCUT2D eigenvalue weighted by Crippen LogP contribution is -2.32. The van der Waals surface area contributed by atoms with Gasteiger partial charge in [0.1, 0.15) is 37.9 Å². The largest absolute Gasteiger partial charge is 0.377 e. The van der Waals surface area contributed by atoms with Gasteiger partial charge in [0.25, 0.3) is 11.8 Å². The normalized spacial score (nSPS) is 15.5. The number of methoxy groups -OCH3 is 2. The van der Waals surface area contributed by atoms with Crippen molar-refractivity contribution < 1.29 is 67.3 Å². The van der Waals surface area contributed by atoms with E-state index < -0.39 is 35.8 Å². The fourth-order valence-electron chi connectivity index (χ4n) is 2.84. The minimum atomic E-state index is -0.870. The minimum absolute atomic E-state index is 0.0150. The van der Waals surface area contributed by atoms with Crippen LogP contribution < -0.4 is 0 Å². The van der Waals surface area contributed by atoms with E-state index in [9.17, 15) is 19.2 Å². The molecule has 1 heterocycles. The van der Waals surface area contributed by atoms with Crippen molar-refractivity contribution in [3.8, 4) is 0 Å². The van der Waals surface area contributed by atoms with Crippen molar-refractivity contribution in [1.82, 2.24) is 5.06 Å². The highest BCUT2D eigenvalue weighted by molar-refractivity contribution is 6.01. The number of hydrogen-bond donors (Lipinski definition) is 0. The van der Waals surface area contributed by atoms with Gasteiger partial charge in [-0.15, -0.1) is 5.06 Å². The van der Waals surface area contributed by atoms with Gasteiger partial charge in [0.2, 0.25) is 0 Å². The van der Waals surface area contributed by atoms with E-state index >= 15 is 0 Å². The Bertz CT molecular complexity index is 760. The van der Waals surface area contributed by atoms with Gasteiger partial charge in [-0.1, -0.05) is 13.2 Å². The number of carbonyl (C=O) groups is 4. The molecule has 0 saturated carbocycles. The predicted molar refractivity (Wildman–Crippen MR) is 129 cm³/mol. The Kier molecular flexibility index (Phi) is 18.3. The van der Waals surface area contributed by atoms with E-state index in [1.165, 1.54) is 14.2 Å². The van der Waals surface area contributed by atoms with Crippen LogP contribution in [-0.4, -0.2) is 107 Å². The van der Waals surface area contributed by atoms with Crippen LogP contribution in [0.5, 0.6) is 0 Å². The zero-order valence-electron chi connectivity index (χ0n) is 22.2. The lowest BCUT2D eigenvalue weighted by Gasteiger charge is -2.20. The van der Waals surface area contributed by atoms with Crippen molar-refractivity contribution in [2.75, 3.05) is 60.5 Å². The quantitative estimate of drug-likeness (QED) is 0.0498. The SMILES string of the molecule is C=COOCC(COCC(COCC(COCC(=O)CCC(=O)ON1C(=O)CCC1=O)OOC=C)OC)OC. The van der Waals surface area contributed by atoms with Crippen LogP contribution in [0.4, 0.5) is 0 Å². The number of Topliss-reactive ketones (excluding diaryl/α,β-unsaturated/α-hetero) is 1. The molecule has 2 amide bonds. The Hall–Kier alpha value is -2.92. The highest BCUT2D eigenvalue weighted by Gasteiger charge is 2.32. The number of ketones is 1. The first-order valence-electron chi connectivity index (χ1n) is 12.0. The third-order valence-corrected chi connectivity index (χ3v) is 4.90. The molecule has 39 heavy (non-hydrogen) atoms. The molecule has 15 nitrogen and oxygen atoms in total. The van der Waals surface area contributed by atoms with Crippen LogP contribution in [0.3, 0.4) is 0 Å². The van der Waals surface area contributed by atoms with Gasteiger partial charge in [0.15, 0.2) is 11.9 Å². The topological polar surface area (TPSA) is 164 Å². The summed E-state index contributed by atoms with van der Waals surface area (Å²) in [5.41, 5.74) is 0. The van der Waals surface area contributed by atoms with Crippen molar-refractivity contribution >= 4 is 23.6 Å². The van der Waals surface area contributed by atoms with Gasteiger partial charge < -0.3 is 38.3 Å². The predicted octanol–water partition coefficient (Wildman–Crippen LogP) is 0.575. The first kappa shape index (κ1) is 34.1. The van der Waals surface area contributed by atoms with Gasteiger partial charge >= 0.3 is 5.97 Å².